The van der Waals surface area contributed by atoms with Crippen molar-refractivity contribution in [1.82, 2.24) is 4.90 Å². The maximum Gasteiger partial charge on any atom is 0.416 e. The Morgan fingerprint density at radius 2 is 1.90 bits per heavy atom. The Morgan fingerprint density at radius 1 is 1.24 bits per heavy atom. The molecule has 1 aliphatic heterocycles. The lowest BCUT2D eigenvalue weighted by molar-refractivity contribution is -0.137. The Labute approximate surface area is 120 Å². The van der Waals surface area contributed by atoms with E-state index in [0.29, 0.717) is 13.1 Å². The van der Waals surface area contributed by atoms with Gasteiger partial charge in [0.1, 0.15) is 0 Å². The third kappa shape index (κ3) is 2.90. The Balaban J connectivity index is 1.64. The van der Waals surface area contributed by atoms with Crippen LogP contribution in [-0.4, -0.2) is 29.9 Å². The van der Waals surface area contributed by atoms with Crippen molar-refractivity contribution in [2.75, 3.05) is 13.1 Å². The molecule has 1 saturated heterocycles. The second-order valence-electron chi connectivity index (χ2n) is 5.90. The molecule has 1 saturated carbocycles. The third-order valence-corrected chi connectivity index (χ3v) is 4.31. The first kappa shape index (κ1) is 14.4. The number of likely N-dealkylation sites (tertiary alicyclic amines) is 1. The molecule has 0 spiro atoms. The van der Waals surface area contributed by atoms with Gasteiger partial charge in [0.2, 0.25) is 5.91 Å². The Hall–Kier alpha value is -1.56. The molecule has 1 heterocycles. The number of alkyl halides is 3. The summed E-state index contributed by atoms with van der Waals surface area (Å²) in [4.78, 5) is 14.0. The summed E-state index contributed by atoms with van der Waals surface area (Å²) in [5.41, 5.74) is 5.94. The molecule has 2 fully saturated rings. The van der Waals surface area contributed by atoms with E-state index in [1.54, 1.807) is 4.90 Å². The van der Waals surface area contributed by atoms with E-state index in [4.69, 9.17) is 5.73 Å². The highest BCUT2D eigenvalue weighted by molar-refractivity contribution is 5.83. The van der Waals surface area contributed by atoms with Crippen LogP contribution in [0.25, 0.3) is 0 Å². The standard InChI is InChI=1S/C15H17F3N2O/c16-15(17,18)10-3-1-9(2-4-10)12-7-13(12)14(21)20-6-5-11(19)8-20/h1-4,11-13H,5-8,19H2/t11-,12+,13-/m0/s1. The highest BCUT2D eigenvalue weighted by Crippen LogP contribution is 2.49. The van der Waals surface area contributed by atoms with Gasteiger partial charge in [-0.15, -0.1) is 0 Å². The predicted molar refractivity (Wildman–Crippen MR) is 71.5 cm³/mol. The number of nitrogens with two attached hydrogens (primary N) is 1. The molecular formula is C15H17F3N2O. The minimum absolute atomic E-state index is 0.0524. The van der Waals surface area contributed by atoms with E-state index in [-0.39, 0.29) is 23.8 Å². The number of nitrogens with zero attached hydrogens (tertiary/aromatic N) is 1. The maximum atomic E-state index is 12.5. The van der Waals surface area contributed by atoms with Gasteiger partial charge in [-0.3, -0.25) is 4.79 Å². The van der Waals surface area contributed by atoms with E-state index >= 15 is 0 Å². The van der Waals surface area contributed by atoms with Gasteiger partial charge in [-0.05, 0) is 36.5 Å². The van der Waals surface area contributed by atoms with Crippen molar-refractivity contribution in [2.24, 2.45) is 11.7 Å². The van der Waals surface area contributed by atoms with Crippen LogP contribution in [0.15, 0.2) is 24.3 Å². The fourth-order valence-electron chi connectivity index (χ4n) is 2.98. The van der Waals surface area contributed by atoms with Crippen molar-refractivity contribution in [2.45, 2.75) is 31.0 Å². The lowest BCUT2D eigenvalue weighted by Gasteiger charge is -2.15. The minimum atomic E-state index is -4.32. The smallest absolute Gasteiger partial charge is 0.341 e. The molecule has 3 nitrogen and oxygen atoms in total. The zero-order chi connectivity index (χ0) is 15.2. The van der Waals surface area contributed by atoms with Crippen molar-refractivity contribution >= 4 is 5.91 Å². The molecule has 0 aromatic heterocycles. The fourth-order valence-corrected chi connectivity index (χ4v) is 2.98. The van der Waals surface area contributed by atoms with Crippen LogP contribution in [-0.2, 0) is 11.0 Å². The van der Waals surface area contributed by atoms with Gasteiger partial charge >= 0.3 is 6.18 Å². The molecule has 0 radical (unpaired) electrons. The average molecular weight is 298 g/mol. The van der Waals surface area contributed by atoms with E-state index < -0.39 is 11.7 Å². The topological polar surface area (TPSA) is 46.3 Å². The number of carbonyl (C=O) groups excluding carboxylic acids is 1. The molecule has 2 N–H and O–H groups in total. The van der Waals surface area contributed by atoms with Crippen molar-refractivity contribution in [3.8, 4) is 0 Å². The number of hydrogen-bond acceptors (Lipinski definition) is 2. The number of amides is 1. The molecular weight excluding hydrogens is 281 g/mol. The molecule has 1 aromatic rings. The van der Waals surface area contributed by atoms with Gasteiger partial charge in [0, 0.05) is 25.0 Å². The van der Waals surface area contributed by atoms with E-state index in [1.165, 1.54) is 12.1 Å². The Bertz CT molecular complexity index is 541. The van der Waals surface area contributed by atoms with Gasteiger partial charge in [0.05, 0.1) is 5.56 Å². The summed E-state index contributed by atoms with van der Waals surface area (Å²) in [7, 11) is 0. The third-order valence-electron chi connectivity index (χ3n) is 4.31. The lowest BCUT2D eigenvalue weighted by atomic mass is 10.1. The molecule has 3 rings (SSSR count). The first-order valence-corrected chi connectivity index (χ1v) is 7.08. The summed E-state index contributed by atoms with van der Waals surface area (Å²) in [5.74, 6) is 0.0523. The monoisotopic (exact) mass is 298 g/mol. The van der Waals surface area contributed by atoms with Gasteiger partial charge in [-0.25, -0.2) is 0 Å². The number of benzene rings is 1. The summed E-state index contributed by atoms with van der Waals surface area (Å²) >= 11 is 0. The summed E-state index contributed by atoms with van der Waals surface area (Å²) in [6.07, 6.45) is -2.78. The lowest BCUT2D eigenvalue weighted by Crippen LogP contribution is -2.33. The number of rotatable bonds is 2. The van der Waals surface area contributed by atoms with Crippen LogP contribution < -0.4 is 5.73 Å². The van der Waals surface area contributed by atoms with Crippen molar-refractivity contribution < 1.29 is 18.0 Å². The van der Waals surface area contributed by atoms with Crippen molar-refractivity contribution in [3.63, 3.8) is 0 Å². The average Bonchev–Trinajstić information content (AvgIpc) is 3.12. The maximum absolute atomic E-state index is 12.5. The molecule has 1 aliphatic carbocycles. The van der Waals surface area contributed by atoms with E-state index in [0.717, 1.165) is 30.5 Å². The minimum Gasteiger partial charge on any atom is -0.341 e. The molecule has 0 bridgehead atoms. The largest absolute Gasteiger partial charge is 0.416 e. The summed E-state index contributed by atoms with van der Waals surface area (Å²) in [6, 6.07) is 5.19. The van der Waals surface area contributed by atoms with Crippen LogP contribution >= 0.6 is 0 Å². The highest BCUT2D eigenvalue weighted by Gasteiger charge is 2.46. The van der Waals surface area contributed by atoms with Crippen molar-refractivity contribution in [3.05, 3.63) is 35.4 Å². The first-order valence-electron chi connectivity index (χ1n) is 7.08. The molecule has 0 unspecified atom stereocenters. The van der Waals surface area contributed by atoms with Crippen LogP contribution in [0.5, 0.6) is 0 Å². The molecule has 3 atom stereocenters. The van der Waals surface area contributed by atoms with Gasteiger partial charge < -0.3 is 10.6 Å². The van der Waals surface area contributed by atoms with Crippen LogP contribution in [0.3, 0.4) is 0 Å². The normalized spacial score (nSPS) is 28.8. The Morgan fingerprint density at radius 3 is 2.43 bits per heavy atom. The molecule has 1 amide bonds. The molecule has 2 aliphatic rings. The SMILES string of the molecule is N[C@H]1CCN(C(=O)[C@H]2C[C@@H]2c2ccc(C(F)(F)F)cc2)C1. The molecule has 21 heavy (non-hydrogen) atoms. The number of halogens is 3. The zero-order valence-corrected chi connectivity index (χ0v) is 11.4. The fraction of sp³-hybridized carbons (Fsp3) is 0.533. The van der Waals surface area contributed by atoms with Crippen LogP contribution in [0, 0.1) is 5.92 Å². The van der Waals surface area contributed by atoms with Crippen LogP contribution in [0.4, 0.5) is 13.2 Å². The van der Waals surface area contributed by atoms with Gasteiger partial charge in [0.15, 0.2) is 0 Å². The van der Waals surface area contributed by atoms with E-state index in [9.17, 15) is 18.0 Å². The van der Waals surface area contributed by atoms with E-state index in [1.807, 2.05) is 0 Å². The quantitative estimate of drug-likeness (QED) is 0.911. The second-order valence-corrected chi connectivity index (χ2v) is 5.90. The number of carbonyl (C=O) groups is 1. The molecule has 114 valence electrons. The first-order chi connectivity index (χ1) is 9.86. The number of hydrogen-bond donors (Lipinski definition) is 1. The molecule has 1 aromatic carbocycles. The van der Waals surface area contributed by atoms with Crippen LogP contribution in [0.1, 0.15) is 29.9 Å². The van der Waals surface area contributed by atoms with Gasteiger partial charge in [-0.1, -0.05) is 12.1 Å². The highest BCUT2D eigenvalue weighted by atomic mass is 19.4. The second kappa shape index (κ2) is 5.02. The van der Waals surface area contributed by atoms with Crippen molar-refractivity contribution in [1.29, 1.82) is 0 Å². The molecule has 6 heteroatoms. The summed E-state index contributed by atoms with van der Waals surface area (Å²) in [6.45, 7) is 1.28. The van der Waals surface area contributed by atoms with Crippen LogP contribution in [0.2, 0.25) is 0 Å². The van der Waals surface area contributed by atoms with Gasteiger partial charge in [0.25, 0.3) is 0 Å². The summed E-state index contributed by atoms with van der Waals surface area (Å²) in [5, 5.41) is 0. The zero-order valence-electron chi connectivity index (χ0n) is 11.4. The van der Waals surface area contributed by atoms with Gasteiger partial charge in [-0.2, -0.15) is 13.2 Å². The summed E-state index contributed by atoms with van der Waals surface area (Å²) < 4.78 is 37.5. The van der Waals surface area contributed by atoms with E-state index in [2.05, 4.69) is 0 Å². The Kier molecular flexibility index (Phi) is 3.43. The predicted octanol–water partition coefficient (Wildman–Crippen LogP) is 2.37.